The first-order valence-electron chi connectivity index (χ1n) is 6.34. The Morgan fingerprint density at radius 2 is 2.06 bits per heavy atom. The summed E-state index contributed by atoms with van der Waals surface area (Å²) in [6, 6.07) is 6.74. The molecule has 0 amide bonds. The fourth-order valence-electron chi connectivity index (χ4n) is 1.99. The maximum absolute atomic E-state index is 13.7. The lowest BCUT2D eigenvalue weighted by molar-refractivity contribution is -0.116. The van der Waals surface area contributed by atoms with Crippen LogP contribution < -0.4 is 0 Å². The Morgan fingerprint density at radius 3 is 2.56 bits per heavy atom. The quantitative estimate of drug-likeness (QED) is 0.722. The number of carbonyl (C=O) groups is 1. The molecule has 0 bridgehead atoms. The number of nitrogens with zero attached hydrogens (tertiary/aromatic N) is 1. The van der Waals surface area contributed by atoms with Crippen LogP contribution in [0.5, 0.6) is 0 Å². The van der Waals surface area contributed by atoms with Crippen LogP contribution in [0, 0.1) is 11.2 Å². The van der Waals surface area contributed by atoms with Crippen molar-refractivity contribution in [1.29, 1.82) is 0 Å². The van der Waals surface area contributed by atoms with E-state index in [0.29, 0.717) is 12.1 Å². The van der Waals surface area contributed by atoms with Crippen LogP contribution in [0.15, 0.2) is 24.3 Å². The molecule has 3 heteroatoms. The predicted molar refractivity (Wildman–Crippen MR) is 71.9 cm³/mol. The van der Waals surface area contributed by atoms with Crippen molar-refractivity contribution in [3.8, 4) is 0 Å². The van der Waals surface area contributed by atoms with Crippen LogP contribution in [-0.2, 0) is 4.79 Å². The monoisotopic (exact) mass is 251 g/mol. The second-order valence-electron chi connectivity index (χ2n) is 5.24. The van der Waals surface area contributed by atoms with Crippen LogP contribution in [0.4, 0.5) is 4.39 Å². The number of rotatable bonds is 6. The normalized spacial score (nSPS) is 16.3. The maximum atomic E-state index is 13.7. The van der Waals surface area contributed by atoms with Gasteiger partial charge in [0.25, 0.3) is 0 Å². The van der Waals surface area contributed by atoms with Gasteiger partial charge in [-0.1, -0.05) is 32.0 Å². The SMILES string of the molecule is CCC(C)(C=O)CN(C)C(C)c1ccccc1F. The zero-order valence-electron chi connectivity index (χ0n) is 11.6. The summed E-state index contributed by atoms with van der Waals surface area (Å²) in [6.45, 7) is 6.52. The van der Waals surface area contributed by atoms with Gasteiger partial charge in [0.15, 0.2) is 0 Å². The van der Waals surface area contributed by atoms with Gasteiger partial charge in [-0.15, -0.1) is 0 Å². The van der Waals surface area contributed by atoms with Crippen molar-refractivity contribution in [1.82, 2.24) is 4.90 Å². The smallest absolute Gasteiger partial charge is 0.127 e. The van der Waals surface area contributed by atoms with Gasteiger partial charge < -0.3 is 4.79 Å². The molecule has 1 rings (SSSR count). The van der Waals surface area contributed by atoms with E-state index in [1.54, 1.807) is 12.1 Å². The molecule has 18 heavy (non-hydrogen) atoms. The lowest BCUT2D eigenvalue weighted by atomic mass is 9.88. The van der Waals surface area contributed by atoms with E-state index in [0.717, 1.165) is 12.7 Å². The number of halogens is 1. The molecule has 2 nitrogen and oxygen atoms in total. The molecule has 0 saturated heterocycles. The summed E-state index contributed by atoms with van der Waals surface area (Å²) in [4.78, 5) is 13.1. The molecule has 0 fully saturated rings. The van der Waals surface area contributed by atoms with E-state index in [9.17, 15) is 9.18 Å². The Bertz CT molecular complexity index is 407. The molecule has 2 unspecified atom stereocenters. The van der Waals surface area contributed by atoms with Crippen LogP contribution in [0.1, 0.15) is 38.8 Å². The van der Waals surface area contributed by atoms with Crippen molar-refractivity contribution in [3.63, 3.8) is 0 Å². The van der Waals surface area contributed by atoms with Crippen molar-refractivity contribution in [2.75, 3.05) is 13.6 Å². The van der Waals surface area contributed by atoms with Crippen LogP contribution >= 0.6 is 0 Å². The Hall–Kier alpha value is -1.22. The molecule has 0 aliphatic heterocycles. The molecule has 1 aromatic carbocycles. The minimum Gasteiger partial charge on any atom is -0.303 e. The van der Waals surface area contributed by atoms with E-state index in [4.69, 9.17) is 0 Å². The summed E-state index contributed by atoms with van der Waals surface area (Å²) in [7, 11) is 1.93. The predicted octanol–water partition coefficient (Wildman–Crippen LogP) is 3.43. The standard InChI is InChI=1S/C15H22FNO/c1-5-15(3,11-18)10-17(4)12(2)13-8-6-7-9-14(13)16/h6-9,11-12H,5,10H2,1-4H3. The average molecular weight is 251 g/mol. The van der Waals surface area contributed by atoms with Gasteiger partial charge in [-0.25, -0.2) is 4.39 Å². The first-order chi connectivity index (χ1) is 8.43. The summed E-state index contributed by atoms with van der Waals surface area (Å²) in [5.74, 6) is -0.193. The lowest BCUT2D eigenvalue weighted by Gasteiger charge is -2.32. The van der Waals surface area contributed by atoms with E-state index >= 15 is 0 Å². The second-order valence-corrected chi connectivity index (χ2v) is 5.24. The van der Waals surface area contributed by atoms with Crippen molar-refractivity contribution in [2.24, 2.45) is 5.41 Å². The zero-order valence-corrected chi connectivity index (χ0v) is 11.6. The van der Waals surface area contributed by atoms with Gasteiger partial charge in [0, 0.05) is 23.6 Å². The number of hydrogen-bond donors (Lipinski definition) is 0. The lowest BCUT2D eigenvalue weighted by Crippen LogP contribution is -2.36. The molecule has 100 valence electrons. The highest BCUT2D eigenvalue weighted by atomic mass is 19.1. The molecular formula is C15H22FNO. The summed E-state index contributed by atoms with van der Waals surface area (Å²) in [6.07, 6.45) is 1.78. The van der Waals surface area contributed by atoms with Gasteiger partial charge in [0.2, 0.25) is 0 Å². The van der Waals surface area contributed by atoms with Crippen LogP contribution in [-0.4, -0.2) is 24.8 Å². The molecule has 2 atom stereocenters. The minimum absolute atomic E-state index is 0.0444. The molecule has 0 radical (unpaired) electrons. The van der Waals surface area contributed by atoms with E-state index in [2.05, 4.69) is 0 Å². The first-order valence-corrected chi connectivity index (χ1v) is 6.34. The van der Waals surface area contributed by atoms with Crippen LogP contribution in [0.2, 0.25) is 0 Å². The van der Waals surface area contributed by atoms with E-state index in [1.165, 1.54) is 6.07 Å². The average Bonchev–Trinajstić information content (AvgIpc) is 2.38. The molecule has 0 aliphatic carbocycles. The van der Waals surface area contributed by atoms with E-state index < -0.39 is 0 Å². The highest BCUT2D eigenvalue weighted by Crippen LogP contribution is 2.26. The summed E-state index contributed by atoms with van der Waals surface area (Å²) >= 11 is 0. The molecular weight excluding hydrogens is 229 g/mol. The Labute approximate surface area is 109 Å². The number of aldehydes is 1. The molecule has 1 aromatic rings. The summed E-state index contributed by atoms with van der Waals surface area (Å²) in [5.41, 5.74) is 0.304. The van der Waals surface area contributed by atoms with Gasteiger partial charge in [-0.05, 0) is 26.5 Å². The van der Waals surface area contributed by atoms with Crippen molar-refractivity contribution in [3.05, 3.63) is 35.6 Å². The number of hydrogen-bond acceptors (Lipinski definition) is 2. The summed E-state index contributed by atoms with van der Waals surface area (Å²) in [5, 5.41) is 0. The zero-order chi connectivity index (χ0) is 13.8. The molecule has 0 aliphatic rings. The van der Waals surface area contributed by atoms with Crippen molar-refractivity contribution < 1.29 is 9.18 Å². The molecule has 0 heterocycles. The molecule has 0 spiro atoms. The Kier molecular flexibility index (Phi) is 5.03. The van der Waals surface area contributed by atoms with Gasteiger partial charge in [-0.3, -0.25) is 4.90 Å². The fraction of sp³-hybridized carbons (Fsp3) is 0.533. The highest BCUT2D eigenvalue weighted by Gasteiger charge is 2.26. The van der Waals surface area contributed by atoms with Gasteiger partial charge in [0.1, 0.15) is 12.1 Å². The maximum Gasteiger partial charge on any atom is 0.127 e. The van der Waals surface area contributed by atoms with Gasteiger partial charge >= 0.3 is 0 Å². The van der Waals surface area contributed by atoms with Crippen LogP contribution in [0.3, 0.4) is 0 Å². The van der Waals surface area contributed by atoms with Gasteiger partial charge in [0.05, 0.1) is 0 Å². The Morgan fingerprint density at radius 1 is 1.44 bits per heavy atom. The fourth-order valence-corrected chi connectivity index (χ4v) is 1.99. The molecule has 0 saturated carbocycles. The third kappa shape index (κ3) is 3.39. The third-order valence-electron chi connectivity index (χ3n) is 3.72. The first kappa shape index (κ1) is 14.8. The molecule has 0 aromatic heterocycles. The van der Waals surface area contributed by atoms with E-state index in [-0.39, 0.29) is 17.3 Å². The van der Waals surface area contributed by atoms with Crippen molar-refractivity contribution in [2.45, 2.75) is 33.2 Å². The Balaban J connectivity index is 2.82. The minimum atomic E-state index is -0.367. The van der Waals surface area contributed by atoms with Crippen LogP contribution in [0.25, 0.3) is 0 Å². The summed E-state index contributed by atoms with van der Waals surface area (Å²) < 4.78 is 13.7. The largest absolute Gasteiger partial charge is 0.303 e. The molecule has 0 N–H and O–H groups in total. The van der Waals surface area contributed by atoms with Gasteiger partial charge in [-0.2, -0.15) is 0 Å². The second kappa shape index (κ2) is 6.10. The number of benzene rings is 1. The highest BCUT2D eigenvalue weighted by molar-refractivity contribution is 5.58. The number of carbonyl (C=O) groups excluding carboxylic acids is 1. The van der Waals surface area contributed by atoms with E-state index in [1.807, 2.05) is 38.8 Å². The van der Waals surface area contributed by atoms with Crippen molar-refractivity contribution >= 4 is 6.29 Å². The third-order valence-corrected chi connectivity index (χ3v) is 3.72. The topological polar surface area (TPSA) is 20.3 Å².